The fourth-order valence-corrected chi connectivity index (χ4v) is 1.87. The number of ether oxygens (including phenoxy) is 2. The molecule has 0 saturated carbocycles. The van der Waals surface area contributed by atoms with Crippen LogP contribution in [0.1, 0.15) is 26.3 Å². The van der Waals surface area contributed by atoms with Gasteiger partial charge in [0, 0.05) is 6.42 Å². The Kier molecular flexibility index (Phi) is 8.14. The molecule has 0 bridgehead atoms. The molecule has 1 aromatic heterocycles. The maximum atomic E-state index is 11.7. The van der Waals surface area contributed by atoms with Crippen LogP contribution < -0.4 is 11.1 Å². The number of hydrogen-bond acceptors (Lipinski definition) is 7. The molecule has 142 valence electrons. The SMILES string of the molecule is COC(=O)C(Cc1ccccc1)NC(=O)OC(C)(C)C.Nc1ncco1. The van der Waals surface area contributed by atoms with Crippen LogP contribution in [0.5, 0.6) is 0 Å². The Labute approximate surface area is 152 Å². The summed E-state index contributed by atoms with van der Waals surface area (Å²) in [6.07, 6.45) is 2.64. The van der Waals surface area contributed by atoms with E-state index in [1.165, 1.54) is 19.6 Å². The van der Waals surface area contributed by atoms with E-state index < -0.39 is 23.7 Å². The zero-order valence-corrected chi connectivity index (χ0v) is 15.4. The first-order valence-electron chi connectivity index (χ1n) is 7.97. The lowest BCUT2D eigenvalue weighted by Gasteiger charge is -2.22. The van der Waals surface area contributed by atoms with Crippen LogP contribution in [0.2, 0.25) is 0 Å². The summed E-state index contributed by atoms with van der Waals surface area (Å²) in [4.78, 5) is 27.0. The van der Waals surface area contributed by atoms with Crippen molar-refractivity contribution in [2.45, 2.75) is 38.8 Å². The van der Waals surface area contributed by atoms with Gasteiger partial charge in [-0.05, 0) is 26.3 Å². The van der Waals surface area contributed by atoms with Crippen molar-refractivity contribution in [2.75, 3.05) is 12.8 Å². The molecule has 0 fully saturated rings. The third-order valence-corrected chi connectivity index (χ3v) is 2.91. The van der Waals surface area contributed by atoms with E-state index in [0.29, 0.717) is 6.42 Å². The minimum absolute atomic E-state index is 0.218. The third-order valence-electron chi connectivity index (χ3n) is 2.91. The van der Waals surface area contributed by atoms with Gasteiger partial charge in [-0.1, -0.05) is 30.3 Å². The first kappa shape index (κ1) is 21.0. The van der Waals surface area contributed by atoms with Crippen LogP contribution in [0.25, 0.3) is 0 Å². The molecule has 2 aromatic rings. The molecule has 8 heteroatoms. The molecule has 0 aliphatic carbocycles. The number of nitrogens with one attached hydrogen (secondary N) is 1. The van der Waals surface area contributed by atoms with E-state index in [0.717, 1.165) is 5.56 Å². The molecule has 1 amide bonds. The Morgan fingerprint density at radius 2 is 1.92 bits per heavy atom. The number of amides is 1. The van der Waals surface area contributed by atoms with E-state index >= 15 is 0 Å². The number of oxazole rings is 1. The largest absolute Gasteiger partial charge is 0.467 e. The molecular formula is C18H25N3O5. The molecule has 0 aliphatic rings. The van der Waals surface area contributed by atoms with Gasteiger partial charge in [-0.25, -0.2) is 14.6 Å². The maximum Gasteiger partial charge on any atom is 0.408 e. The van der Waals surface area contributed by atoms with E-state index in [4.69, 9.17) is 15.2 Å². The molecule has 2 rings (SSSR count). The van der Waals surface area contributed by atoms with E-state index in [-0.39, 0.29) is 6.01 Å². The average Bonchev–Trinajstić information content (AvgIpc) is 3.04. The first-order chi connectivity index (χ1) is 12.2. The predicted octanol–water partition coefficient (Wildman–Crippen LogP) is 2.55. The molecule has 3 N–H and O–H groups in total. The van der Waals surface area contributed by atoms with Crippen LogP contribution in [-0.2, 0) is 20.7 Å². The van der Waals surface area contributed by atoms with Gasteiger partial charge in [0.05, 0.1) is 13.3 Å². The van der Waals surface area contributed by atoms with Gasteiger partial charge in [-0.15, -0.1) is 0 Å². The second kappa shape index (κ2) is 10.1. The number of benzene rings is 1. The summed E-state index contributed by atoms with van der Waals surface area (Å²) >= 11 is 0. The van der Waals surface area contributed by atoms with Crippen molar-refractivity contribution >= 4 is 18.1 Å². The van der Waals surface area contributed by atoms with E-state index in [1.54, 1.807) is 20.8 Å². The quantitative estimate of drug-likeness (QED) is 0.802. The van der Waals surface area contributed by atoms with Gasteiger partial charge >= 0.3 is 12.1 Å². The first-order valence-corrected chi connectivity index (χ1v) is 7.97. The zero-order chi connectivity index (χ0) is 19.6. The molecule has 8 nitrogen and oxygen atoms in total. The zero-order valence-electron chi connectivity index (χ0n) is 15.4. The Bertz CT molecular complexity index is 666. The topological polar surface area (TPSA) is 117 Å². The molecule has 1 aromatic carbocycles. The fraction of sp³-hybridized carbons (Fsp3) is 0.389. The second-order valence-electron chi connectivity index (χ2n) is 6.28. The molecular weight excluding hydrogens is 338 g/mol. The summed E-state index contributed by atoms with van der Waals surface area (Å²) < 4.78 is 14.3. The molecule has 1 heterocycles. The van der Waals surface area contributed by atoms with Gasteiger partial charge < -0.3 is 24.9 Å². The summed E-state index contributed by atoms with van der Waals surface area (Å²) in [5, 5.41) is 2.54. The Balaban J connectivity index is 0.000000472. The highest BCUT2D eigenvalue weighted by atomic mass is 16.6. The van der Waals surface area contributed by atoms with Crippen molar-refractivity contribution in [1.82, 2.24) is 10.3 Å². The maximum absolute atomic E-state index is 11.7. The average molecular weight is 363 g/mol. The molecule has 0 spiro atoms. The minimum Gasteiger partial charge on any atom is -0.467 e. The number of hydrogen-bond donors (Lipinski definition) is 2. The van der Waals surface area contributed by atoms with Crippen molar-refractivity contribution in [3.63, 3.8) is 0 Å². The molecule has 1 atom stereocenters. The Morgan fingerprint density at radius 1 is 1.27 bits per heavy atom. The molecule has 26 heavy (non-hydrogen) atoms. The number of carbonyl (C=O) groups is 2. The number of methoxy groups -OCH3 is 1. The molecule has 0 saturated heterocycles. The standard InChI is InChI=1S/C15H21NO4.C3H4N2O/c1-15(2,3)20-14(18)16-12(13(17)19-4)10-11-8-6-5-7-9-11;4-3-5-1-2-6-3/h5-9,12H,10H2,1-4H3,(H,16,18);1-2H,(H2,4,5). The normalized spacial score (nSPS) is 11.5. The van der Waals surface area contributed by atoms with Crippen LogP contribution in [0.15, 0.2) is 47.2 Å². The number of carbonyl (C=O) groups excluding carboxylic acids is 2. The number of aromatic nitrogens is 1. The molecule has 1 unspecified atom stereocenters. The van der Waals surface area contributed by atoms with Crippen molar-refractivity contribution in [3.05, 3.63) is 48.4 Å². The van der Waals surface area contributed by atoms with E-state index in [1.807, 2.05) is 30.3 Å². The summed E-state index contributed by atoms with van der Waals surface area (Å²) in [7, 11) is 1.29. The lowest BCUT2D eigenvalue weighted by molar-refractivity contribution is -0.143. The van der Waals surface area contributed by atoms with Crippen molar-refractivity contribution in [1.29, 1.82) is 0 Å². The van der Waals surface area contributed by atoms with Gasteiger partial charge in [0.25, 0.3) is 6.01 Å². The Morgan fingerprint density at radius 3 is 2.35 bits per heavy atom. The van der Waals surface area contributed by atoms with Gasteiger partial charge in [-0.3, -0.25) is 0 Å². The summed E-state index contributed by atoms with van der Waals surface area (Å²) in [6.45, 7) is 5.28. The predicted molar refractivity (Wildman–Crippen MR) is 96.2 cm³/mol. The van der Waals surface area contributed by atoms with Crippen LogP contribution in [-0.4, -0.2) is 35.8 Å². The van der Waals surface area contributed by atoms with Gasteiger partial charge in [-0.2, -0.15) is 0 Å². The molecule has 0 aliphatic heterocycles. The number of esters is 1. The van der Waals surface area contributed by atoms with Gasteiger partial charge in [0.2, 0.25) is 0 Å². The summed E-state index contributed by atoms with van der Waals surface area (Å²) in [5.74, 6) is -0.500. The number of alkyl carbamates (subject to hydrolysis) is 1. The highest BCUT2D eigenvalue weighted by Crippen LogP contribution is 2.09. The Hall–Kier alpha value is -3.03. The highest BCUT2D eigenvalue weighted by molar-refractivity contribution is 5.81. The van der Waals surface area contributed by atoms with Crippen molar-refractivity contribution < 1.29 is 23.5 Å². The minimum atomic E-state index is -0.766. The monoisotopic (exact) mass is 363 g/mol. The van der Waals surface area contributed by atoms with Crippen molar-refractivity contribution in [3.8, 4) is 0 Å². The van der Waals surface area contributed by atoms with Crippen LogP contribution in [0, 0.1) is 0 Å². The fourth-order valence-electron chi connectivity index (χ4n) is 1.87. The van der Waals surface area contributed by atoms with Crippen LogP contribution in [0.3, 0.4) is 0 Å². The lowest BCUT2D eigenvalue weighted by Crippen LogP contribution is -2.45. The summed E-state index contributed by atoms with van der Waals surface area (Å²) in [6, 6.07) is 8.85. The van der Waals surface area contributed by atoms with E-state index in [9.17, 15) is 9.59 Å². The lowest BCUT2D eigenvalue weighted by atomic mass is 10.1. The van der Waals surface area contributed by atoms with E-state index in [2.05, 4.69) is 14.7 Å². The van der Waals surface area contributed by atoms with Crippen LogP contribution in [0.4, 0.5) is 10.8 Å². The van der Waals surface area contributed by atoms with Crippen molar-refractivity contribution in [2.24, 2.45) is 0 Å². The third kappa shape index (κ3) is 8.72. The second-order valence-corrected chi connectivity index (χ2v) is 6.28. The summed E-state index contributed by atoms with van der Waals surface area (Å²) in [5.41, 5.74) is 5.32. The highest BCUT2D eigenvalue weighted by Gasteiger charge is 2.25. The number of rotatable bonds is 4. The smallest absolute Gasteiger partial charge is 0.408 e. The molecule has 0 radical (unpaired) electrons. The number of nitrogens with two attached hydrogens (primary N) is 1. The van der Waals surface area contributed by atoms with Crippen LogP contribution >= 0.6 is 0 Å². The van der Waals surface area contributed by atoms with Gasteiger partial charge in [0.15, 0.2) is 0 Å². The van der Waals surface area contributed by atoms with Gasteiger partial charge in [0.1, 0.15) is 17.9 Å². The number of anilines is 1. The number of nitrogens with zero attached hydrogens (tertiary/aromatic N) is 1. The number of nitrogen functional groups attached to an aromatic ring is 1.